The van der Waals surface area contributed by atoms with Gasteiger partial charge in [-0.2, -0.15) is 5.10 Å². The number of urea groups is 1. The second-order valence-corrected chi connectivity index (χ2v) is 6.12. The SMILES string of the molecule is COc1ccc2c(c1)CN(C(=O)NO)N=C2Cc1cc(Cl)nc(Cl)c1. The molecule has 1 aromatic heterocycles. The Morgan fingerprint density at radius 2 is 2.04 bits per heavy atom. The van der Waals surface area contributed by atoms with Crippen LogP contribution >= 0.6 is 23.2 Å². The fraction of sp³-hybridized carbons (Fsp3) is 0.188. The minimum absolute atomic E-state index is 0.209. The maximum atomic E-state index is 11.8. The van der Waals surface area contributed by atoms with Crippen LogP contribution in [0.25, 0.3) is 0 Å². The van der Waals surface area contributed by atoms with Gasteiger partial charge in [-0.05, 0) is 41.5 Å². The average molecular weight is 381 g/mol. The van der Waals surface area contributed by atoms with E-state index >= 15 is 0 Å². The number of carbonyl (C=O) groups excluding carboxylic acids is 1. The Morgan fingerprint density at radius 3 is 2.68 bits per heavy atom. The van der Waals surface area contributed by atoms with Crippen LogP contribution in [0.3, 0.4) is 0 Å². The van der Waals surface area contributed by atoms with Gasteiger partial charge in [0.2, 0.25) is 0 Å². The first-order valence-corrected chi connectivity index (χ1v) is 8.04. The highest BCUT2D eigenvalue weighted by Crippen LogP contribution is 2.26. The van der Waals surface area contributed by atoms with Crippen LogP contribution in [-0.4, -0.2) is 34.1 Å². The summed E-state index contributed by atoms with van der Waals surface area (Å²) in [7, 11) is 1.57. The zero-order valence-corrected chi connectivity index (χ0v) is 14.7. The van der Waals surface area contributed by atoms with Gasteiger partial charge in [-0.15, -0.1) is 0 Å². The highest BCUT2D eigenvalue weighted by Gasteiger charge is 2.24. The molecule has 0 saturated carbocycles. The number of halogens is 2. The van der Waals surface area contributed by atoms with E-state index in [2.05, 4.69) is 10.1 Å². The predicted molar refractivity (Wildman–Crippen MR) is 93.4 cm³/mol. The van der Waals surface area contributed by atoms with Gasteiger partial charge in [0, 0.05) is 12.0 Å². The molecule has 0 radical (unpaired) electrons. The van der Waals surface area contributed by atoms with E-state index in [9.17, 15) is 4.79 Å². The van der Waals surface area contributed by atoms with Crippen molar-refractivity contribution in [2.75, 3.05) is 7.11 Å². The van der Waals surface area contributed by atoms with Crippen LogP contribution in [0.5, 0.6) is 5.75 Å². The van der Waals surface area contributed by atoms with Crippen LogP contribution in [0, 0.1) is 0 Å². The Bertz CT molecular complexity index is 837. The molecule has 7 nitrogen and oxygen atoms in total. The third-order valence-electron chi connectivity index (χ3n) is 3.71. The van der Waals surface area contributed by atoms with E-state index in [1.807, 2.05) is 18.2 Å². The number of amides is 2. The number of nitrogens with zero attached hydrogens (tertiary/aromatic N) is 3. The highest BCUT2D eigenvalue weighted by atomic mass is 35.5. The monoisotopic (exact) mass is 380 g/mol. The number of rotatable bonds is 3. The van der Waals surface area contributed by atoms with E-state index in [0.29, 0.717) is 17.9 Å². The molecule has 0 spiro atoms. The van der Waals surface area contributed by atoms with Crippen molar-refractivity contribution < 1.29 is 14.7 Å². The molecular formula is C16H14Cl2N4O3. The van der Waals surface area contributed by atoms with E-state index in [4.69, 9.17) is 33.1 Å². The molecule has 1 aliphatic heterocycles. The number of hydrazone groups is 1. The van der Waals surface area contributed by atoms with Crippen LogP contribution in [-0.2, 0) is 13.0 Å². The molecule has 0 saturated heterocycles. The molecule has 9 heteroatoms. The zero-order valence-electron chi connectivity index (χ0n) is 13.2. The van der Waals surface area contributed by atoms with Gasteiger partial charge in [-0.3, -0.25) is 5.21 Å². The molecule has 0 atom stereocenters. The van der Waals surface area contributed by atoms with Crippen LogP contribution in [0.4, 0.5) is 4.79 Å². The van der Waals surface area contributed by atoms with E-state index in [0.717, 1.165) is 21.7 Å². The number of methoxy groups -OCH3 is 1. The molecule has 1 aromatic carbocycles. The molecule has 2 N–H and O–H groups in total. The molecule has 2 amide bonds. The van der Waals surface area contributed by atoms with Gasteiger partial charge in [0.05, 0.1) is 19.4 Å². The van der Waals surface area contributed by atoms with Gasteiger partial charge in [0.15, 0.2) is 0 Å². The van der Waals surface area contributed by atoms with Gasteiger partial charge in [-0.1, -0.05) is 23.2 Å². The van der Waals surface area contributed by atoms with Crippen molar-refractivity contribution >= 4 is 34.9 Å². The molecule has 0 aliphatic carbocycles. The largest absolute Gasteiger partial charge is 0.497 e. The summed E-state index contributed by atoms with van der Waals surface area (Å²) in [6, 6.07) is 8.17. The highest BCUT2D eigenvalue weighted by molar-refractivity contribution is 6.32. The molecule has 2 aromatic rings. The molecule has 130 valence electrons. The van der Waals surface area contributed by atoms with Crippen LogP contribution < -0.4 is 10.2 Å². The molecule has 2 heterocycles. The maximum Gasteiger partial charge on any atom is 0.361 e. The smallest absolute Gasteiger partial charge is 0.361 e. The predicted octanol–water partition coefficient (Wildman–Crippen LogP) is 3.26. The number of benzene rings is 1. The zero-order chi connectivity index (χ0) is 18.0. The van der Waals surface area contributed by atoms with Gasteiger partial charge in [0.1, 0.15) is 16.1 Å². The minimum Gasteiger partial charge on any atom is -0.497 e. The Kier molecular flexibility index (Phi) is 5.08. The molecule has 0 fully saturated rings. The van der Waals surface area contributed by atoms with Gasteiger partial charge >= 0.3 is 6.03 Å². The summed E-state index contributed by atoms with van der Waals surface area (Å²) in [5.41, 5.74) is 4.75. The lowest BCUT2D eigenvalue weighted by molar-refractivity contribution is 0.127. The lowest BCUT2D eigenvalue weighted by Gasteiger charge is -2.25. The Balaban J connectivity index is 2.01. The third-order valence-corrected chi connectivity index (χ3v) is 4.10. The average Bonchev–Trinajstić information content (AvgIpc) is 2.59. The summed E-state index contributed by atoms with van der Waals surface area (Å²) in [5.74, 6) is 0.666. The summed E-state index contributed by atoms with van der Waals surface area (Å²) in [4.78, 5) is 15.7. The number of fused-ring (bicyclic) bond motifs is 1. The molecule has 1 aliphatic rings. The summed E-state index contributed by atoms with van der Waals surface area (Å²) < 4.78 is 5.24. The fourth-order valence-corrected chi connectivity index (χ4v) is 3.13. The normalized spacial score (nSPS) is 13.1. The minimum atomic E-state index is -0.725. The molecular weight excluding hydrogens is 367 g/mol. The second kappa shape index (κ2) is 7.26. The summed E-state index contributed by atoms with van der Waals surface area (Å²) in [5, 5.41) is 14.9. The van der Waals surface area contributed by atoms with E-state index in [1.165, 1.54) is 0 Å². The standard InChI is InChI=1S/C16H14Cl2N4O3/c1-25-11-2-3-12-10(7-11)8-22(16(23)21-24)20-13(12)4-9-5-14(17)19-15(18)6-9/h2-3,5-7,24H,4,8H2,1H3,(H,21,23). The van der Waals surface area contributed by atoms with Crippen LogP contribution in [0.15, 0.2) is 35.4 Å². The third kappa shape index (κ3) is 3.84. The Morgan fingerprint density at radius 1 is 1.32 bits per heavy atom. The number of hydroxylamine groups is 1. The first kappa shape index (κ1) is 17.5. The number of ether oxygens (including phenoxy) is 1. The van der Waals surface area contributed by atoms with E-state index in [-0.39, 0.29) is 16.9 Å². The van der Waals surface area contributed by atoms with Crippen molar-refractivity contribution in [3.05, 3.63) is 57.3 Å². The summed E-state index contributed by atoms with van der Waals surface area (Å²) in [6.45, 7) is 0.209. The molecule has 0 bridgehead atoms. The Hall–Kier alpha value is -2.35. The maximum absolute atomic E-state index is 11.8. The van der Waals surface area contributed by atoms with Gasteiger partial charge in [-0.25, -0.2) is 20.3 Å². The van der Waals surface area contributed by atoms with Crippen molar-refractivity contribution in [1.82, 2.24) is 15.5 Å². The quantitative estimate of drug-likeness (QED) is 0.486. The molecule has 3 rings (SSSR count). The first-order valence-electron chi connectivity index (χ1n) is 7.28. The molecule has 0 unspecified atom stereocenters. The van der Waals surface area contributed by atoms with Gasteiger partial charge in [0.25, 0.3) is 0 Å². The van der Waals surface area contributed by atoms with Crippen molar-refractivity contribution in [1.29, 1.82) is 0 Å². The number of hydrogen-bond donors (Lipinski definition) is 2. The number of nitrogens with one attached hydrogen (secondary N) is 1. The fourth-order valence-electron chi connectivity index (χ4n) is 2.62. The van der Waals surface area contributed by atoms with E-state index in [1.54, 1.807) is 24.7 Å². The van der Waals surface area contributed by atoms with Crippen LogP contribution in [0.1, 0.15) is 16.7 Å². The first-order chi connectivity index (χ1) is 12.0. The molecule has 25 heavy (non-hydrogen) atoms. The van der Waals surface area contributed by atoms with Crippen molar-refractivity contribution in [3.63, 3.8) is 0 Å². The van der Waals surface area contributed by atoms with Gasteiger partial charge < -0.3 is 4.74 Å². The lowest BCUT2D eigenvalue weighted by atomic mass is 9.96. The summed E-state index contributed by atoms with van der Waals surface area (Å²) >= 11 is 11.9. The number of hydrogen-bond acceptors (Lipinski definition) is 5. The van der Waals surface area contributed by atoms with Crippen molar-refractivity contribution in [3.8, 4) is 5.75 Å². The lowest BCUT2D eigenvalue weighted by Crippen LogP contribution is -2.38. The number of pyridine rings is 1. The Labute approximate surface area is 153 Å². The number of carbonyl (C=O) groups is 1. The van der Waals surface area contributed by atoms with Crippen LogP contribution in [0.2, 0.25) is 10.3 Å². The summed E-state index contributed by atoms with van der Waals surface area (Å²) in [6.07, 6.45) is 0.385. The topological polar surface area (TPSA) is 87.0 Å². The van der Waals surface area contributed by atoms with Crippen molar-refractivity contribution in [2.24, 2.45) is 5.10 Å². The van der Waals surface area contributed by atoms with Crippen molar-refractivity contribution in [2.45, 2.75) is 13.0 Å². The number of aromatic nitrogens is 1. The van der Waals surface area contributed by atoms with E-state index < -0.39 is 6.03 Å². The second-order valence-electron chi connectivity index (χ2n) is 5.34.